The molecule has 1 aromatic rings. The van der Waals surface area contributed by atoms with Crippen LogP contribution < -0.4 is 5.73 Å². The third-order valence-corrected chi connectivity index (χ3v) is 2.44. The summed E-state index contributed by atoms with van der Waals surface area (Å²) in [5.74, 6) is -0.112. The third kappa shape index (κ3) is 3.43. The SMILES string of the molecule is COC(=O)CSc1cc(N)cc(Cl)n1. The van der Waals surface area contributed by atoms with Crippen LogP contribution in [0.3, 0.4) is 0 Å². The fraction of sp³-hybridized carbons (Fsp3) is 0.250. The Labute approximate surface area is 90.8 Å². The summed E-state index contributed by atoms with van der Waals surface area (Å²) in [5.41, 5.74) is 6.07. The zero-order valence-electron chi connectivity index (χ0n) is 7.49. The van der Waals surface area contributed by atoms with Crippen LogP contribution in [0.5, 0.6) is 0 Å². The fourth-order valence-electron chi connectivity index (χ4n) is 0.757. The van der Waals surface area contributed by atoms with Crippen molar-refractivity contribution in [2.45, 2.75) is 5.03 Å². The van der Waals surface area contributed by atoms with Crippen molar-refractivity contribution in [3.05, 3.63) is 17.3 Å². The lowest BCUT2D eigenvalue weighted by Crippen LogP contribution is -2.03. The van der Waals surface area contributed by atoms with Crippen molar-refractivity contribution in [3.63, 3.8) is 0 Å². The molecule has 76 valence electrons. The second-order valence-corrected chi connectivity index (χ2v) is 3.81. The summed E-state index contributed by atoms with van der Waals surface area (Å²) in [6, 6.07) is 3.20. The molecule has 1 heterocycles. The van der Waals surface area contributed by atoms with Gasteiger partial charge in [0, 0.05) is 5.69 Å². The zero-order valence-corrected chi connectivity index (χ0v) is 9.06. The van der Waals surface area contributed by atoms with Crippen molar-refractivity contribution in [2.75, 3.05) is 18.6 Å². The van der Waals surface area contributed by atoms with Gasteiger partial charge in [-0.3, -0.25) is 4.79 Å². The van der Waals surface area contributed by atoms with E-state index in [-0.39, 0.29) is 11.7 Å². The van der Waals surface area contributed by atoms with Gasteiger partial charge >= 0.3 is 5.97 Å². The van der Waals surface area contributed by atoms with Gasteiger partial charge in [0.25, 0.3) is 0 Å². The lowest BCUT2D eigenvalue weighted by Gasteiger charge is -2.01. The minimum atomic E-state index is -0.310. The molecule has 0 aliphatic carbocycles. The molecule has 0 aliphatic heterocycles. The van der Waals surface area contributed by atoms with Crippen molar-refractivity contribution in [2.24, 2.45) is 0 Å². The van der Waals surface area contributed by atoms with E-state index in [0.717, 1.165) is 0 Å². The molecule has 0 aromatic carbocycles. The summed E-state index contributed by atoms with van der Waals surface area (Å²) in [5, 5.41) is 0.928. The van der Waals surface area contributed by atoms with Crippen LogP contribution in [0.2, 0.25) is 5.15 Å². The van der Waals surface area contributed by atoms with E-state index in [4.69, 9.17) is 17.3 Å². The number of nitrogens with zero attached hydrogens (tertiary/aromatic N) is 1. The summed E-state index contributed by atoms with van der Waals surface area (Å²) in [4.78, 5) is 14.8. The van der Waals surface area contributed by atoms with Gasteiger partial charge in [-0.1, -0.05) is 23.4 Å². The molecular weight excluding hydrogens is 224 g/mol. The lowest BCUT2D eigenvalue weighted by atomic mass is 10.4. The molecule has 0 spiro atoms. The number of carbonyl (C=O) groups excluding carboxylic acids is 1. The van der Waals surface area contributed by atoms with Crippen molar-refractivity contribution >= 4 is 35.0 Å². The van der Waals surface area contributed by atoms with Crippen molar-refractivity contribution in [1.29, 1.82) is 0 Å². The minimum absolute atomic E-state index is 0.198. The first kappa shape index (κ1) is 11.1. The number of aromatic nitrogens is 1. The molecule has 0 atom stereocenters. The molecule has 1 aromatic heterocycles. The number of hydrogen-bond donors (Lipinski definition) is 1. The van der Waals surface area contributed by atoms with Crippen LogP contribution in [-0.4, -0.2) is 23.8 Å². The number of rotatable bonds is 3. The Kier molecular flexibility index (Phi) is 4.03. The Morgan fingerprint density at radius 2 is 2.43 bits per heavy atom. The number of nitrogens with two attached hydrogens (primary N) is 1. The van der Waals surface area contributed by atoms with Crippen LogP contribution in [0.15, 0.2) is 17.2 Å². The topological polar surface area (TPSA) is 65.2 Å². The highest BCUT2D eigenvalue weighted by Gasteiger charge is 2.04. The molecule has 1 rings (SSSR count). The normalized spacial score (nSPS) is 9.86. The number of pyridine rings is 1. The molecule has 0 saturated carbocycles. The molecule has 0 amide bonds. The van der Waals surface area contributed by atoms with E-state index in [9.17, 15) is 4.79 Å². The number of methoxy groups -OCH3 is 1. The average molecular weight is 233 g/mol. The van der Waals surface area contributed by atoms with E-state index in [1.54, 1.807) is 12.1 Å². The monoisotopic (exact) mass is 232 g/mol. The molecule has 0 bridgehead atoms. The van der Waals surface area contributed by atoms with Gasteiger partial charge in [-0.2, -0.15) is 0 Å². The number of carbonyl (C=O) groups is 1. The number of thioether (sulfide) groups is 1. The molecule has 0 fully saturated rings. The maximum absolute atomic E-state index is 10.8. The number of hydrogen-bond acceptors (Lipinski definition) is 5. The van der Waals surface area contributed by atoms with Crippen LogP contribution in [0.1, 0.15) is 0 Å². The van der Waals surface area contributed by atoms with Gasteiger partial charge in [0.05, 0.1) is 12.9 Å². The second-order valence-electron chi connectivity index (χ2n) is 2.43. The van der Waals surface area contributed by atoms with Crippen LogP contribution in [0.25, 0.3) is 0 Å². The maximum atomic E-state index is 10.8. The summed E-state index contributed by atoms with van der Waals surface area (Å²) >= 11 is 6.91. The molecule has 0 saturated heterocycles. The van der Waals surface area contributed by atoms with Gasteiger partial charge in [-0.25, -0.2) is 4.98 Å². The van der Waals surface area contributed by atoms with Gasteiger partial charge in [-0.15, -0.1) is 0 Å². The van der Waals surface area contributed by atoms with E-state index in [2.05, 4.69) is 9.72 Å². The Hall–Kier alpha value is -0.940. The highest BCUT2D eigenvalue weighted by Crippen LogP contribution is 2.21. The fourth-order valence-corrected chi connectivity index (χ4v) is 1.79. The summed E-state index contributed by atoms with van der Waals surface area (Å²) in [7, 11) is 1.34. The molecular formula is C8H9ClN2O2S. The average Bonchev–Trinajstić information content (AvgIpc) is 2.12. The van der Waals surface area contributed by atoms with E-state index in [0.29, 0.717) is 15.9 Å². The lowest BCUT2D eigenvalue weighted by molar-refractivity contribution is -0.137. The van der Waals surface area contributed by atoms with Crippen LogP contribution in [-0.2, 0) is 9.53 Å². The quantitative estimate of drug-likeness (QED) is 0.487. The molecule has 2 N–H and O–H groups in total. The Balaban J connectivity index is 2.63. The predicted octanol–water partition coefficient (Wildman–Crippen LogP) is 1.58. The summed E-state index contributed by atoms with van der Waals surface area (Å²) < 4.78 is 4.48. The van der Waals surface area contributed by atoms with Crippen LogP contribution in [0.4, 0.5) is 5.69 Å². The molecule has 6 heteroatoms. The molecule has 0 radical (unpaired) electrons. The molecule has 14 heavy (non-hydrogen) atoms. The van der Waals surface area contributed by atoms with Gasteiger partial charge in [-0.05, 0) is 12.1 Å². The predicted molar refractivity (Wildman–Crippen MR) is 56.4 cm³/mol. The van der Waals surface area contributed by atoms with E-state index in [1.165, 1.54) is 18.9 Å². The van der Waals surface area contributed by atoms with E-state index >= 15 is 0 Å². The second kappa shape index (κ2) is 5.07. The summed E-state index contributed by atoms with van der Waals surface area (Å²) in [6.45, 7) is 0. The highest BCUT2D eigenvalue weighted by atomic mass is 35.5. The molecule has 0 aliphatic rings. The maximum Gasteiger partial charge on any atom is 0.316 e. The molecule has 4 nitrogen and oxygen atoms in total. The van der Waals surface area contributed by atoms with Gasteiger partial charge < -0.3 is 10.5 Å². The van der Waals surface area contributed by atoms with Crippen molar-refractivity contribution in [3.8, 4) is 0 Å². The van der Waals surface area contributed by atoms with Crippen LogP contribution >= 0.6 is 23.4 Å². The Bertz CT molecular complexity index is 326. The van der Waals surface area contributed by atoms with Gasteiger partial charge in [0.1, 0.15) is 10.2 Å². The smallest absolute Gasteiger partial charge is 0.316 e. The standard InChI is InChI=1S/C8H9ClN2O2S/c1-13-8(12)4-14-7-3-5(10)2-6(9)11-7/h2-3H,4H2,1H3,(H2,10,11). The number of esters is 1. The number of anilines is 1. The number of ether oxygens (including phenoxy) is 1. The van der Waals surface area contributed by atoms with E-state index < -0.39 is 0 Å². The third-order valence-electron chi connectivity index (χ3n) is 1.36. The summed E-state index contributed by atoms with van der Waals surface area (Å²) in [6.07, 6.45) is 0. The first-order valence-corrected chi connectivity index (χ1v) is 5.11. The van der Waals surface area contributed by atoms with Gasteiger partial charge in [0.15, 0.2) is 0 Å². The number of halogens is 1. The van der Waals surface area contributed by atoms with Crippen molar-refractivity contribution in [1.82, 2.24) is 4.98 Å². The largest absolute Gasteiger partial charge is 0.468 e. The van der Waals surface area contributed by atoms with E-state index in [1.807, 2.05) is 0 Å². The Morgan fingerprint density at radius 3 is 3.00 bits per heavy atom. The van der Waals surface area contributed by atoms with Gasteiger partial charge in [0.2, 0.25) is 0 Å². The minimum Gasteiger partial charge on any atom is -0.468 e. The highest BCUT2D eigenvalue weighted by molar-refractivity contribution is 7.99. The first-order valence-electron chi connectivity index (χ1n) is 3.74. The first-order chi connectivity index (χ1) is 6.61. The molecule has 0 unspecified atom stereocenters. The number of nitrogen functional groups attached to an aromatic ring is 1. The zero-order chi connectivity index (χ0) is 10.6. The van der Waals surface area contributed by atoms with Crippen molar-refractivity contribution < 1.29 is 9.53 Å². The Morgan fingerprint density at radius 1 is 1.71 bits per heavy atom. The van der Waals surface area contributed by atoms with Crippen LogP contribution in [0, 0.1) is 0 Å².